The minimum absolute atomic E-state index is 0.234. The summed E-state index contributed by atoms with van der Waals surface area (Å²) in [7, 11) is 1.54. The van der Waals surface area contributed by atoms with Crippen molar-refractivity contribution in [2.45, 2.75) is 0 Å². The van der Waals surface area contributed by atoms with Gasteiger partial charge in [-0.25, -0.2) is 4.98 Å². The Morgan fingerprint density at radius 2 is 2.05 bits per heavy atom. The Hall–Kier alpha value is -2.96. The molecule has 2 aromatic heterocycles. The molecular weight excluding hydrogens is 258 g/mol. The Labute approximate surface area is 114 Å². The van der Waals surface area contributed by atoms with Gasteiger partial charge in [-0.2, -0.15) is 15.4 Å². The first-order valence-electron chi connectivity index (χ1n) is 5.88. The van der Waals surface area contributed by atoms with Crippen molar-refractivity contribution in [3.63, 3.8) is 0 Å². The Kier molecular flexibility index (Phi) is 3.00. The van der Waals surface area contributed by atoms with E-state index in [0.29, 0.717) is 28.2 Å². The van der Waals surface area contributed by atoms with Crippen molar-refractivity contribution >= 4 is 22.6 Å². The molecule has 0 aliphatic rings. The molecule has 0 bridgehead atoms. The van der Waals surface area contributed by atoms with Crippen molar-refractivity contribution in [3.05, 3.63) is 42.1 Å². The van der Waals surface area contributed by atoms with Crippen molar-refractivity contribution in [1.82, 2.24) is 20.4 Å². The molecule has 2 N–H and O–H groups in total. The molecule has 7 heteroatoms. The molecule has 3 aromatic rings. The molecular formula is C13H11N5O2. The van der Waals surface area contributed by atoms with Crippen LogP contribution < -0.4 is 10.1 Å². The Morgan fingerprint density at radius 3 is 2.80 bits per heavy atom. The van der Waals surface area contributed by atoms with E-state index >= 15 is 0 Å². The van der Waals surface area contributed by atoms with Crippen LogP contribution in [0.4, 0.5) is 5.69 Å². The molecule has 0 saturated heterocycles. The topological polar surface area (TPSA) is 92.8 Å². The Morgan fingerprint density at radius 1 is 1.20 bits per heavy atom. The van der Waals surface area contributed by atoms with Gasteiger partial charge in [0, 0.05) is 11.6 Å². The van der Waals surface area contributed by atoms with E-state index in [2.05, 4.69) is 25.7 Å². The van der Waals surface area contributed by atoms with Gasteiger partial charge in [-0.15, -0.1) is 0 Å². The third-order valence-corrected chi connectivity index (χ3v) is 2.78. The van der Waals surface area contributed by atoms with Gasteiger partial charge in [-0.1, -0.05) is 0 Å². The Balaban J connectivity index is 1.80. The standard InChI is InChI=1S/C13H11N5O2/c1-20-12-5-3-9(7-14-12)15-13(19)8-2-4-10-11(6-8)17-18-16-10/h2-7H,1H3,(H,15,19)(H,16,17,18). The highest BCUT2D eigenvalue weighted by atomic mass is 16.5. The average molecular weight is 269 g/mol. The molecule has 0 unspecified atom stereocenters. The number of methoxy groups -OCH3 is 1. The first-order chi connectivity index (χ1) is 9.76. The molecule has 1 aromatic carbocycles. The van der Waals surface area contributed by atoms with Gasteiger partial charge in [0.15, 0.2) is 0 Å². The average Bonchev–Trinajstić information content (AvgIpc) is 2.95. The monoisotopic (exact) mass is 269 g/mol. The quantitative estimate of drug-likeness (QED) is 0.753. The third kappa shape index (κ3) is 2.28. The molecule has 3 rings (SSSR count). The molecule has 0 aliphatic carbocycles. The second-order valence-electron chi connectivity index (χ2n) is 4.07. The van der Waals surface area contributed by atoms with Crippen LogP contribution in [0, 0.1) is 0 Å². The normalized spacial score (nSPS) is 10.4. The zero-order valence-corrected chi connectivity index (χ0v) is 10.6. The summed E-state index contributed by atoms with van der Waals surface area (Å²) in [5.74, 6) is 0.258. The lowest BCUT2D eigenvalue weighted by atomic mass is 10.2. The van der Waals surface area contributed by atoms with Crippen LogP contribution >= 0.6 is 0 Å². The fourth-order valence-electron chi connectivity index (χ4n) is 1.76. The number of hydrogen-bond acceptors (Lipinski definition) is 5. The molecule has 0 saturated carbocycles. The van der Waals surface area contributed by atoms with Crippen molar-refractivity contribution in [2.75, 3.05) is 12.4 Å². The van der Waals surface area contributed by atoms with Gasteiger partial charge in [0.25, 0.3) is 5.91 Å². The minimum Gasteiger partial charge on any atom is -0.481 e. The number of hydrogen-bond donors (Lipinski definition) is 2. The summed E-state index contributed by atoms with van der Waals surface area (Å²) < 4.78 is 4.96. The van der Waals surface area contributed by atoms with E-state index in [0.717, 1.165) is 0 Å². The van der Waals surface area contributed by atoms with E-state index in [9.17, 15) is 4.79 Å². The zero-order chi connectivity index (χ0) is 13.9. The molecule has 0 fully saturated rings. The molecule has 20 heavy (non-hydrogen) atoms. The highest BCUT2D eigenvalue weighted by molar-refractivity contribution is 6.05. The summed E-state index contributed by atoms with van der Waals surface area (Å²) in [4.78, 5) is 16.1. The maximum Gasteiger partial charge on any atom is 0.255 e. The van der Waals surface area contributed by atoms with Crippen LogP contribution in [0.1, 0.15) is 10.4 Å². The summed E-state index contributed by atoms with van der Waals surface area (Å²) in [6.45, 7) is 0. The zero-order valence-electron chi connectivity index (χ0n) is 10.6. The maximum absolute atomic E-state index is 12.1. The number of nitrogens with zero attached hydrogens (tertiary/aromatic N) is 3. The first-order valence-corrected chi connectivity index (χ1v) is 5.88. The second kappa shape index (κ2) is 4.96. The summed E-state index contributed by atoms with van der Waals surface area (Å²) >= 11 is 0. The summed E-state index contributed by atoms with van der Waals surface area (Å²) in [6.07, 6.45) is 1.53. The number of carbonyl (C=O) groups is 1. The van der Waals surface area contributed by atoms with Crippen molar-refractivity contribution in [3.8, 4) is 5.88 Å². The third-order valence-electron chi connectivity index (χ3n) is 2.78. The summed E-state index contributed by atoms with van der Waals surface area (Å²) in [5.41, 5.74) is 2.46. The number of rotatable bonds is 3. The summed E-state index contributed by atoms with van der Waals surface area (Å²) in [6, 6.07) is 8.50. The Bertz CT molecular complexity index is 751. The number of nitrogens with one attached hydrogen (secondary N) is 2. The number of benzene rings is 1. The van der Waals surface area contributed by atoms with E-state index < -0.39 is 0 Å². The molecule has 2 heterocycles. The lowest BCUT2D eigenvalue weighted by Gasteiger charge is -2.05. The van der Waals surface area contributed by atoms with E-state index in [1.54, 1.807) is 30.3 Å². The summed E-state index contributed by atoms with van der Waals surface area (Å²) in [5, 5.41) is 13.1. The number of amides is 1. The largest absolute Gasteiger partial charge is 0.481 e. The predicted molar refractivity (Wildman–Crippen MR) is 72.6 cm³/mol. The van der Waals surface area contributed by atoms with Crippen LogP contribution in [0.2, 0.25) is 0 Å². The van der Waals surface area contributed by atoms with Crippen LogP contribution in [-0.4, -0.2) is 33.4 Å². The van der Waals surface area contributed by atoms with Crippen LogP contribution in [0.25, 0.3) is 11.0 Å². The van der Waals surface area contributed by atoms with Gasteiger partial charge >= 0.3 is 0 Å². The lowest BCUT2D eigenvalue weighted by molar-refractivity contribution is 0.102. The number of anilines is 1. The highest BCUT2D eigenvalue weighted by Crippen LogP contribution is 2.14. The molecule has 0 spiro atoms. The van der Waals surface area contributed by atoms with Crippen LogP contribution in [0.5, 0.6) is 5.88 Å². The van der Waals surface area contributed by atoms with Gasteiger partial charge in [0.05, 0.1) is 19.0 Å². The van der Waals surface area contributed by atoms with Crippen molar-refractivity contribution < 1.29 is 9.53 Å². The van der Waals surface area contributed by atoms with Crippen molar-refractivity contribution in [2.24, 2.45) is 0 Å². The number of aromatic nitrogens is 4. The van der Waals surface area contributed by atoms with E-state index in [4.69, 9.17) is 4.74 Å². The molecule has 100 valence electrons. The van der Waals surface area contributed by atoms with Crippen LogP contribution in [-0.2, 0) is 0 Å². The maximum atomic E-state index is 12.1. The van der Waals surface area contributed by atoms with Crippen molar-refractivity contribution in [1.29, 1.82) is 0 Å². The van der Waals surface area contributed by atoms with Gasteiger partial charge in [-0.3, -0.25) is 4.79 Å². The number of ether oxygens (including phenoxy) is 1. The van der Waals surface area contributed by atoms with Gasteiger partial charge in [-0.05, 0) is 24.3 Å². The van der Waals surface area contributed by atoms with E-state index in [-0.39, 0.29) is 5.91 Å². The number of aromatic amines is 1. The highest BCUT2D eigenvalue weighted by Gasteiger charge is 2.08. The lowest BCUT2D eigenvalue weighted by Crippen LogP contribution is -2.11. The number of fused-ring (bicyclic) bond motifs is 1. The van der Waals surface area contributed by atoms with Gasteiger partial charge in [0.2, 0.25) is 5.88 Å². The number of carbonyl (C=O) groups excluding carboxylic acids is 1. The number of pyridine rings is 1. The second-order valence-corrected chi connectivity index (χ2v) is 4.07. The molecule has 7 nitrogen and oxygen atoms in total. The van der Waals surface area contributed by atoms with E-state index in [1.807, 2.05) is 0 Å². The number of H-pyrrole nitrogens is 1. The van der Waals surface area contributed by atoms with E-state index in [1.165, 1.54) is 13.3 Å². The minimum atomic E-state index is -0.234. The molecule has 0 aliphatic heterocycles. The molecule has 1 amide bonds. The van der Waals surface area contributed by atoms with Gasteiger partial charge < -0.3 is 10.1 Å². The fourth-order valence-corrected chi connectivity index (χ4v) is 1.76. The van der Waals surface area contributed by atoms with Crippen LogP contribution in [0.15, 0.2) is 36.5 Å². The SMILES string of the molecule is COc1ccc(NC(=O)c2ccc3n[nH]nc3c2)cn1. The molecule has 0 radical (unpaired) electrons. The first kappa shape index (κ1) is 12.1. The van der Waals surface area contributed by atoms with Gasteiger partial charge in [0.1, 0.15) is 11.0 Å². The smallest absolute Gasteiger partial charge is 0.255 e. The van der Waals surface area contributed by atoms with Crippen LogP contribution in [0.3, 0.4) is 0 Å². The predicted octanol–water partition coefficient (Wildman–Crippen LogP) is 1.61. The molecule has 0 atom stereocenters. The fraction of sp³-hybridized carbons (Fsp3) is 0.0769.